The second kappa shape index (κ2) is 6.68. The van der Waals surface area contributed by atoms with Gasteiger partial charge in [0.2, 0.25) is 17.7 Å². The molecule has 166 valence electrons. The molecule has 4 fully saturated rings. The number of nitrogens with one attached hydrogen (secondary N) is 1. The summed E-state index contributed by atoms with van der Waals surface area (Å²) in [6.45, 7) is 6.17. The summed E-state index contributed by atoms with van der Waals surface area (Å²) < 4.78 is 5.30. The number of aromatic nitrogens is 1. The van der Waals surface area contributed by atoms with Crippen molar-refractivity contribution in [2.24, 2.45) is 29.6 Å². The van der Waals surface area contributed by atoms with Crippen LogP contribution in [0.2, 0.25) is 0 Å². The minimum absolute atomic E-state index is 0.0435. The van der Waals surface area contributed by atoms with Gasteiger partial charge in [0.25, 0.3) is 0 Å². The summed E-state index contributed by atoms with van der Waals surface area (Å²) in [5.41, 5.74) is -0.222. The summed E-state index contributed by atoms with van der Waals surface area (Å²) in [6, 6.07) is 0. The van der Waals surface area contributed by atoms with Gasteiger partial charge in [-0.25, -0.2) is 0 Å². The van der Waals surface area contributed by atoms with Gasteiger partial charge >= 0.3 is 4.87 Å². The Kier molecular flexibility index (Phi) is 4.31. The summed E-state index contributed by atoms with van der Waals surface area (Å²) in [4.78, 5) is 58.4. The van der Waals surface area contributed by atoms with Gasteiger partial charge in [-0.15, -0.1) is 11.8 Å². The van der Waals surface area contributed by atoms with Gasteiger partial charge in [0.15, 0.2) is 0 Å². The number of carbonyl (C=O) groups is 3. The SMILES string of the molecule is CC1(C)c2sc(=O)[nH]c2S[C@@H]2[C@H]3C[C@@H]([C@@H]4C(=O)N(CC(=O)N5CCOCC5)C(=O)[C@H]34)[C@H]21. The Balaban J connectivity index is 1.29. The van der Waals surface area contributed by atoms with Gasteiger partial charge < -0.3 is 14.6 Å². The zero-order chi connectivity index (χ0) is 21.7. The summed E-state index contributed by atoms with van der Waals surface area (Å²) >= 11 is 2.96. The zero-order valence-electron chi connectivity index (χ0n) is 17.5. The van der Waals surface area contributed by atoms with E-state index >= 15 is 0 Å². The van der Waals surface area contributed by atoms with Crippen molar-refractivity contribution >= 4 is 40.8 Å². The van der Waals surface area contributed by atoms with Crippen LogP contribution in [0.1, 0.15) is 25.1 Å². The molecule has 31 heavy (non-hydrogen) atoms. The molecule has 0 radical (unpaired) electrons. The number of morpholine rings is 1. The number of thiazole rings is 1. The van der Waals surface area contributed by atoms with Crippen molar-refractivity contribution in [2.45, 2.75) is 36.0 Å². The molecule has 2 aliphatic carbocycles. The molecule has 2 bridgehead atoms. The highest BCUT2D eigenvalue weighted by Crippen LogP contribution is 2.68. The molecule has 8 nitrogen and oxygen atoms in total. The summed E-state index contributed by atoms with van der Waals surface area (Å²) in [5.74, 6) is -0.700. The number of imide groups is 1. The van der Waals surface area contributed by atoms with Crippen LogP contribution in [-0.2, 0) is 24.5 Å². The molecule has 1 aromatic heterocycles. The van der Waals surface area contributed by atoms with E-state index in [-0.39, 0.29) is 69.4 Å². The van der Waals surface area contributed by atoms with Gasteiger partial charge in [-0.2, -0.15) is 0 Å². The monoisotopic (exact) mass is 463 g/mol. The highest BCUT2D eigenvalue weighted by molar-refractivity contribution is 8.00. The lowest BCUT2D eigenvalue weighted by Gasteiger charge is -2.47. The number of nitrogens with zero attached hydrogens (tertiary/aromatic N) is 2. The Hall–Kier alpha value is -1.65. The highest BCUT2D eigenvalue weighted by Gasteiger charge is 2.70. The van der Waals surface area contributed by atoms with E-state index in [1.54, 1.807) is 16.7 Å². The van der Waals surface area contributed by atoms with Crippen molar-refractivity contribution in [3.8, 4) is 0 Å². The third-order valence-electron chi connectivity index (χ3n) is 8.14. The molecule has 0 unspecified atom stereocenters. The van der Waals surface area contributed by atoms with Gasteiger partial charge in [0, 0.05) is 28.6 Å². The van der Waals surface area contributed by atoms with Crippen LogP contribution in [-0.4, -0.2) is 70.6 Å². The van der Waals surface area contributed by atoms with E-state index < -0.39 is 0 Å². The number of carbonyl (C=O) groups excluding carboxylic acids is 3. The van der Waals surface area contributed by atoms with Crippen LogP contribution in [0.25, 0.3) is 0 Å². The third kappa shape index (κ3) is 2.64. The molecule has 1 N–H and O–H groups in total. The van der Waals surface area contributed by atoms with Gasteiger partial charge in [-0.3, -0.25) is 24.1 Å². The number of rotatable bonds is 2. The molecule has 10 heteroatoms. The molecular formula is C21H25N3O5S2. The van der Waals surface area contributed by atoms with Crippen molar-refractivity contribution < 1.29 is 19.1 Å². The highest BCUT2D eigenvalue weighted by atomic mass is 32.2. The summed E-state index contributed by atoms with van der Waals surface area (Å²) in [7, 11) is 0. The standard InChI is InChI=1S/C21H25N3O5S2/c1-21(2)14-9-7-10(15(14)30-17-16(21)31-20(28)22-17)13-12(9)18(26)24(19(13)27)8-11(25)23-3-5-29-6-4-23/h9-10,12-15H,3-8H2,1-2H3,(H,22,28)/t9-,10-,12-,13+,14+,15+/m0/s1. The molecule has 4 heterocycles. The minimum atomic E-state index is -0.327. The number of hydrogen-bond acceptors (Lipinski definition) is 7. The molecule has 2 saturated heterocycles. The first kappa shape index (κ1) is 20.0. The van der Waals surface area contributed by atoms with E-state index in [4.69, 9.17) is 4.74 Å². The molecule has 3 amide bonds. The Morgan fingerprint density at radius 3 is 2.52 bits per heavy atom. The zero-order valence-corrected chi connectivity index (χ0v) is 19.1. The lowest BCUT2D eigenvalue weighted by atomic mass is 9.64. The second-order valence-electron chi connectivity index (χ2n) is 9.87. The fourth-order valence-corrected chi connectivity index (χ4v) is 10.1. The van der Waals surface area contributed by atoms with Crippen LogP contribution in [0.3, 0.4) is 0 Å². The molecule has 0 spiro atoms. The summed E-state index contributed by atoms with van der Waals surface area (Å²) in [6.07, 6.45) is 0.878. The van der Waals surface area contributed by atoms with E-state index in [9.17, 15) is 19.2 Å². The number of fused-ring (bicyclic) bond motifs is 9. The first-order valence-electron chi connectivity index (χ1n) is 10.9. The van der Waals surface area contributed by atoms with Crippen LogP contribution in [0.5, 0.6) is 0 Å². The van der Waals surface area contributed by atoms with E-state index in [0.29, 0.717) is 26.3 Å². The number of thioether (sulfide) groups is 1. The molecular weight excluding hydrogens is 438 g/mol. The number of aromatic amines is 1. The van der Waals surface area contributed by atoms with E-state index in [1.165, 1.54) is 16.2 Å². The lowest BCUT2D eigenvalue weighted by molar-refractivity contribution is -0.148. The molecule has 6 rings (SSSR count). The van der Waals surface area contributed by atoms with Crippen molar-refractivity contribution in [1.82, 2.24) is 14.8 Å². The van der Waals surface area contributed by atoms with Crippen molar-refractivity contribution in [2.75, 3.05) is 32.8 Å². The van der Waals surface area contributed by atoms with Gasteiger partial charge in [-0.05, 0) is 24.2 Å². The van der Waals surface area contributed by atoms with Gasteiger partial charge in [0.1, 0.15) is 6.54 Å². The molecule has 2 saturated carbocycles. The predicted octanol–water partition coefficient (Wildman–Crippen LogP) is 0.914. The minimum Gasteiger partial charge on any atom is -0.378 e. The van der Waals surface area contributed by atoms with Gasteiger partial charge in [0.05, 0.1) is 30.1 Å². The average Bonchev–Trinajstić information content (AvgIpc) is 3.47. The molecule has 0 aromatic carbocycles. The number of hydrogen-bond donors (Lipinski definition) is 1. The third-order valence-corrected chi connectivity index (χ3v) is 10.9. The number of amides is 3. The van der Waals surface area contributed by atoms with Crippen LogP contribution < -0.4 is 4.87 Å². The van der Waals surface area contributed by atoms with Crippen molar-refractivity contribution in [3.63, 3.8) is 0 Å². The normalized spacial score (nSPS) is 37.7. The fraction of sp³-hybridized carbons (Fsp3) is 0.714. The van der Waals surface area contributed by atoms with E-state index in [1.807, 2.05) is 0 Å². The largest absolute Gasteiger partial charge is 0.378 e. The number of H-pyrrole nitrogens is 1. The Bertz CT molecular complexity index is 1040. The first-order valence-corrected chi connectivity index (χ1v) is 12.6. The maximum Gasteiger partial charge on any atom is 0.305 e. The van der Waals surface area contributed by atoms with Gasteiger partial charge in [-0.1, -0.05) is 25.2 Å². The van der Waals surface area contributed by atoms with E-state index in [2.05, 4.69) is 18.8 Å². The lowest BCUT2D eigenvalue weighted by Crippen LogP contribution is -2.48. The van der Waals surface area contributed by atoms with Crippen LogP contribution in [0.15, 0.2) is 9.82 Å². The Morgan fingerprint density at radius 2 is 1.81 bits per heavy atom. The Morgan fingerprint density at radius 1 is 1.13 bits per heavy atom. The topological polar surface area (TPSA) is 99.8 Å². The molecule has 1 aromatic rings. The average molecular weight is 464 g/mol. The summed E-state index contributed by atoms with van der Waals surface area (Å²) in [5, 5.41) is 1.15. The van der Waals surface area contributed by atoms with Crippen molar-refractivity contribution in [1.29, 1.82) is 0 Å². The second-order valence-corrected chi connectivity index (χ2v) is 12.0. The molecule has 6 atom stereocenters. The fourth-order valence-electron chi connectivity index (χ4n) is 6.92. The molecule has 5 aliphatic rings. The smallest absolute Gasteiger partial charge is 0.305 e. The first-order chi connectivity index (χ1) is 14.8. The Labute approximate surface area is 187 Å². The van der Waals surface area contributed by atoms with E-state index in [0.717, 1.165) is 16.3 Å². The maximum absolute atomic E-state index is 13.4. The number of likely N-dealkylation sites (tertiary alicyclic amines) is 1. The van der Waals surface area contributed by atoms with Crippen LogP contribution in [0, 0.1) is 29.6 Å². The van der Waals surface area contributed by atoms with Crippen molar-refractivity contribution in [3.05, 3.63) is 14.5 Å². The quantitative estimate of drug-likeness (QED) is 0.655. The predicted molar refractivity (Wildman–Crippen MR) is 114 cm³/mol. The maximum atomic E-state index is 13.4. The number of ether oxygens (including phenoxy) is 1. The van der Waals surface area contributed by atoms with Crippen LogP contribution in [0.4, 0.5) is 0 Å². The van der Waals surface area contributed by atoms with Crippen LogP contribution >= 0.6 is 23.1 Å². The molecule has 3 aliphatic heterocycles.